The normalized spacial score (nSPS) is 15.3. The molecular formula is C13H21NO3S. The lowest BCUT2D eigenvalue weighted by Crippen LogP contribution is -2.38. The lowest BCUT2D eigenvalue weighted by Gasteiger charge is -2.19. The van der Waals surface area contributed by atoms with Gasteiger partial charge in [0.2, 0.25) is 10.0 Å². The van der Waals surface area contributed by atoms with E-state index < -0.39 is 10.0 Å². The maximum atomic E-state index is 12.1. The van der Waals surface area contributed by atoms with Crippen LogP contribution < -0.4 is 4.72 Å². The highest BCUT2D eigenvalue weighted by atomic mass is 32.2. The molecule has 4 nitrogen and oxygen atoms in total. The van der Waals surface area contributed by atoms with Crippen LogP contribution in [0.4, 0.5) is 0 Å². The molecule has 0 bridgehead atoms. The summed E-state index contributed by atoms with van der Waals surface area (Å²) in [6.45, 7) is 5.53. The van der Waals surface area contributed by atoms with Gasteiger partial charge < -0.3 is 5.11 Å². The van der Waals surface area contributed by atoms with Gasteiger partial charge in [0.15, 0.2) is 0 Å². The maximum Gasteiger partial charge on any atom is 0.240 e. The molecule has 102 valence electrons. The molecule has 1 rings (SSSR count). The van der Waals surface area contributed by atoms with Crippen molar-refractivity contribution in [2.45, 2.75) is 38.1 Å². The molecule has 1 aromatic rings. The van der Waals surface area contributed by atoms with E-state index in [1.54, 1.807) is 26.0 Å². The highest BCUT2D eigenvalue weighted by Gasteiger charge is 2.20. The number of sulfonamides is 1. The van der Waals surface area contributed by atoms with Crippen molar-refractivity contribution >= 4 is 10.0 Å². The molecule has 0 aliphatic rings. The Balaban J connectivity index is 2.85. The fourth-order valence-corrected chi connectivity index (χ4v) is 2.84. The van der Waals surface area contributed by atoms with Crippen molar-refractivity contribution in [2.24, 2.45) is 5.92 Å². The Kier molecular flexibility index (Phi) is 5.31. The second kappa shape index (κ2) is 6.31. The SMILES string of the molecule is CCc1ccc(S(=O)(=O)NC(C)C(C)CO)cc1. The van der Waals surface area contributed by atoms with Crippen molar-refractivity contribution in [3.8, 4) is 0 Å². The Morgan fingerprint density at radius 3 is 2.22 bits per heavy atom. The first kappa shape index (κ1) is 15.1. The van der Waals surface area contributed by atoms with Crippen molar-refractivity contribution in [1.82, 2.24) is 4.72 Å². The average Bonchev–Trinajstić information content (AvgIpc) is 2.37. The number of aliphatic hydroxyl groups excluding tert-OH is 1. The first-order valence-electron chi connectivity index (χ1n) is 6.12. The number of hydrogen-bond donors (Lipinski definition) is 2. The second-order valence-corrected chi connectivity index (χ2v) is 6.28. The lowest BCUT2D eigenvalue weighted by atomic mass is 10.1. The van der Waals surface area contributed by atoms with Crippen molar-refractivity contribution in [1.29, 1.82) is 0 Å². The number of aryl methyl sites for hydroxylation is 1. The van der Waals surface area contributed by atoms with Crippen LogP contribution in [0.1, 0.15) is 26.3 Å². The lowest BCUT2D eigenvalue weighted by molar-refractivity contribution is 0.216. The molecule has 2 N–H and O–H groups in total. The molecule has 0 spiro atoms. The Labute approximate surface area is 109 Å². The summed E-state index contributed by atoms with van der Waals surface area (Å²) in [5.74, 6) is -0.116. The summed E-state index contributed by atoms with van der Waals surface area (Å²) in [7, 11) is -3.50. The number of hydrogen-bond acceptors (Lipinski definition) is 3. The quantitative estimate of drug-likeness (QED) is 0.825. The molecule has 0 fully saturated rings. The summed E-state index contributed by atoms with van der Waals surface area (Å²) in [6.07, 6.45) is 0.881. The third-order valence-electron chi connectivity index (χ3n) is 3.12. The fraction of sp³-hybridized carbons (Fsp3) is 0.538. The third kappa shape index (κ3) is 3.80. The van der Waals surface area contributed by atoms with Gasteiger partial charge in [-0.05, 0) is 37.0 Å². The predicted octanol–water partition coefficient (Wildman–Crippen LogP) is 1.54. The molecule has 0 heterocycles. The van der Waals surface area contributed by atoms with E-state index in [0.29, 0.717) is 0 Å². The van der Waals surface area contributed by atoms with Crippen molar-refractivity contribution in [2.75, 3.05) is 6.61 Å². The molecule has 0 saturated carbocycles. The first-order valence-corrected chi connectivity index (χ1v) is 7.61. The summed E-state index contributed by atoms with van der Waals surface area (Å²) >= 11 is 0. The Bertz CT molecular complexity index is 468. The molecule has 0 aromatic heterocycles. The van der Waals surface area contributed by atoms with Crippen molar-refractivity contribution in [3.63, 3.8) is 0 Å². The molecule has 0 amide bonds. The monoisotopic (exact) mass is 271 g/mol. The van der Waals surface area contributed by atoms with E-state index in [9.17, 15) is 8.42 Å². The summed E-state index contributed by atoms with van der Waals surface area (Å²) in [6, 6.07) is 6.55. The fourth-order valence-electron chi connectivity index (χ4n) is 1.49. The molecule has 1 aromatic carbocycles. The van der Waals surface area contributed by atoms with Crippen LogP contribution in [-0.2, 0) is 16.4 Å². The van der Waals surface area contributed by atoms with Crippen LogP contribution in [0, 0.1) is 5.92 Å². The van der Waals surface area contributed by atoms with Crippen molar-refractivity contribution < 1.29 is 13.5 Å². The second-order valence-electron chi connectivity index (χ2n) is 4.57. The van der Waals surface area contributed by atoms with Crippen molar-refractivity contribution in [3.05, 3.63) is 29.8 Å². The molecule has 0 aliphatic carbocycles. The minimum absolute atomic E-state index is 0.0432. The molecule has 0 aliphatic heterocycles. The highest BCUT2D eigenvalue weighted by Crippen LogP contribution is 2.13. The van der Waals surface area contributed by atoms with E-state index >= 15 is 0 Å². The minimum atomic E-state index is -3.50. The first-order chi connectivity index (χ1) is 8.40. The standard InChI is InChI=1S/C13H21NO3S/c1-4-12-5-7-13(8-6-12)18(16,17)14-11(3)10(2)9-15/h5-8,10-11,14-15H,4,9H2,1-3H3. The molecule has 2 atom stereocenters. The zero-order chi connectivity index (χ0) is 13.8. The highest BCUT2D eigenvalue weighted by molar-refractivity contribution is 7.89. The molecular weight excluding hydrogens is 250 g/mol. The van der Waals surface area contributed by atoms with E-state index in [0.717, 1.165) is 12.0 Å². The van der Waals surface area contributed by atoms with Gasteiger partial charge >= 0.3 is 0 Å². The molecule has 2 unspecified atom stereocenters. The van der Waals surface area contributed by atoms with E-state index in [1.165, 1.54) is 0 Å². The Hall–Kier alpha value is -0.910. The molecule has 5 heteroatoms. The summed E-state index contributed by atoms with van der Waals surface area (Å²) in [5, 5.41) is 9.01. The van der Waals surface area contributed by atoms with Crippen LogP contribution >= 0.6 is 0 Å². The Morgan fingerprint density at radius 1 is 1.22 bits per heavy atom. The van der Waals surface area contributed by atoms with Crippen LogP contribution in [0.15, 0.2) is 29.2 Å². The third-order valence-corrected chi connectivity index (χ3v) is 4.70. The van der Waals surface area contributed by atoms with Gasteiger partial charge in [-0.25, -0.2) is 13.1 Å². The largest absolute Gasteiger partial charge is 0.396 e. The topological polar surface area (TPSA) is 66.4 Å². The molecule has 18 heavy (non-hydrogen) atoms. The zero-order valence-corrected chi connectivity index (χ0v) is 11.9. The van der Waals surface area contributed by atoms with Gasteiger partial charge in [-0.1, -0.05) is 26.0 Å². The van der Waals surface area contributed by atoms with Crippen LogP contribution in [0.3, 0.4) is 0 Å². The van der Waals surface area contributed by atoms with E-state index in [1.807, 2.05) is 19.1 Å². The number of aliphatic hydroxyl groups is 1. The Morgan fingerprint density at radius 2 is 1.78 bits per heavy atom. The summed E-state index contributed by atoms with van der Waals surface area (Å²) < 4.78 is 26.7. The van der Waals surface area contributed by atoms with Gasteiger partial charge in [-0.2, -0.15) is 0 Å². The van der Waals surface area contributed by atoms with Gasteiger partial charge in [0.1, 0.15) is 0 Å². The van der Waals surface area contributed by atoms with Crippen LogP contribution in [0.25, 0.3) is 0 Å². The number of rotatable bonds is 6. The smallest absolute Gasteiger partial charge is 0.240 e. The van der Waals surface area contributed by atoms with Crippen LogP contribution in [-0.4, -0.2) is 26.2 Å². The van der Waals surface area contributed by atoms with Gasteiger partial charge in [0.05, 0.1) is 4.90 Å². The summed E-state index contributed by atoms with van der Waals surface area (Å²) in [4.78, 5) is 0.261. The van der Waals surface area contributed by atoms with Crippen LogP contribution in [0.5, 0.6) is 0 Å². The number of benzene rings is 1. The number of nitrogens with one attached hydrogen (secondary N) is 1. The van der Waals surface area contributed by atoms with Gasteiger partial charge in [0, 0.05) is 12.6 Å². The van der Waals surface area contributed by atoms with Gasteiger partial charge in [0.25, 0.3) is 0 Å². The van der Waals surface area contributed by atoms with E-state index in [-0.39, 0.29) is 23.5 Å². The summed E-state index contributed by atoms with van der Waals surface area (Å²) in [5.41, 5.74) is 1.10. The molecule has 0 radical (unpaired) electrons. The average molecular weight is 271 g/mol. The van der Waals surface area contributed by atoms with Gasteiger partial charge in [-0.15, -0.1) is 0 Å². The minimum Gasteiger partial charge on any atom is -0.396 e. The zero-order valence-electron chi connectivity index (χ0n) is 11.1. The van der Waals surface area contributed by atoms with Crippen LogP contribution in [0.2, 0.25) is 0 Å². The maximum absolute atomic E-state index is 12.1. The molecule has 0 saturated heterocycles. The van der Waals surface area contributed by atoms with E-state index in [4.69, 9.17) is 5.11 Å². The predicted molar refractivity (Wildman–Crippen MR) is 71.9 cm³/mol. The van der Waals surface area contributed by atoms with Gasteiger partial charge in [-0.3, -0.25) is 0 Å². The van der Waals surface area contributed by atoms with E-state index in [2.05, 4.69) is 4.72 Å².